The Hall–Kier alpha value is -2.34. The molecule has 1 saturated heterocycles. The normalized spacial score (nSPS) is 15.8. The number of nitrogens with zero attached hydrogens (tertiary/aromatic N) is 2. The molecule has 3 rings (SSSR count). The van der Waals surface area contributed by atoms with Crippen molar-refractivity contribution in [3.8, 4) is 0 Å². The number of amides is 1. The van der Waals surface area contributed by atoms with Gasteiger partial charge in [0.25, 0.3) is 0 Å². The van der Waals surface area contributed by atoms with Crippen molar-refractivity contribution in [3.05, 3.63) is 65.5 Å². The Balaban J connectivity index is 1.69. The number of hydrogen-bond donors (Lipinski definition) is 0. The lowest BCUT2D eigenvalue weighted by Crippen LogP contribution is -2.48. The molecule has 1 fully saturated rings. The van der Waals surface area contributed by atoms with Crippen LogP contribution in [-0.2, 0) is 11.3 Å². The van der Waals surface area contributed by atoms with Gasteiger partial charge < -0.3 is 4.90 Å². The van der Waals surface area contributed by atoms with E-state index in [1.807, 2.05) is 13.8 Å². The average molecular weight is 390 g/mol. The van der Waals surface area contributed by atoms with Crippen LogP contribution in [0.5, 0.6) is 0 Å². The Labute approximate surface area is 163 Å². The molecule has 1 aliphatic rings. The summed E-state index contributed by atoms with van der Waals surface area (Å²) in [7, 11) is 0. The van der Waals surface area contributed by atoms with E-state index in [1.54, 1.807) is 17.0 Å². The van der Waals surface area contributed by atoms with Crippen LogP contribution in [0.1, 0.15) is 32.3 Å². The summed E-state index contributed by atoms with van der Waals surface area (Å²) in [6.45, 7) is 5.51. The highest BCUT2D eigenvalue weighted by Gasteiger charge is 2.30. The van der Waals surface area contributed by atoms with Gasteiger partial charge in [-0.05, 0) is 43.2 Å². The van der Waals surface area contributed by atoms with E-state index in [2.05, 4.69) is 4.90 Å². The molecule has 0 aliphatic carbocycles. The third-order valence-corrected chi connectivity index (χ3v) is 5.17. The Kier molecular flexibility index (Phi) is 6.39. The lowest BCUT2D eigenvalue weighted by atomic mass is 9.99. The highest BCUT2D eigenvalue weighted by Crippen LogP contribution is 2.27. The molecule has 0 bridgehead atoms. The molecule has 3 nitrogen and oxygen atoms in total. The first-order valence-electron chi connectivity index (χ1n) is 9.60. The number of benzene rings is 2. The van der Waals surface area contributed by atoms with Crippen molar-refractivity contribution in [1.29, 1.82) is 0 Å². The van der Waals surface area contributed by atoms with Crippen LogP contribution < -0.4 is 4.90 Å². The molecular formula is C22H25F3N2O. The highest BCUT2D eigenvalue weighted by atomic mass is 19.1. The third-order valence-electron chi connectivity index (χ3n) is 5.17. The summed E-state index contributed by atoms with van der Waals surface area (Å²) in [5, 5.41) is 0. The molecular weight excluding hydrogens is 365 g/mol. The molecule has 150 valence electrons. The van der Waals surface area contributed by atoms with Crippen molar-refractivity contribution < 1.29 is 18.0 Å². The molecule has 0 saturated carbocycles. The van der Waals surface area contributed by atoms with Crippen LogP contribution in [0.2, 0.25) is 0 Å². The van der Waals surface area contributed by atoms with E-state index < -0.39 is 11.6 Å². The summed E-state index contributed by atoms with van der Waals surface area (Å²) in [5.74, 6) is -1.62. The Bertz CT molecular complexity index is 815. The maximum absolute atomic E-state index is 13.9. The van der Waals surface area contributed by atoms with Crippen LogP contribution >= 0.6 is 0 Å². The minimum Gasteiger partial charge on any atom is -0.309 e. The van der Waals surface area contributed by atoms with Crippen molar-refractivity contribution in [2.75, 3.05) is 18.0 Å². The summed E-state index contributed by atoms with van der Waals surface area (Å²) in [5.41, 5.74) is 1.16. The molecule has 0 spiro atoms. The minimum absolute atomic E-state index is 0.00892. The van der Waals surface area contributed by atoms with E-state index in [0.29, 0.717) is 30.9 Å². The van der Waals surface area contributed by atoms with Gasteiger partial charge in [-0.2, -0.15) is 0 Å². The summed E-state index contributed by atoms with van der Waals surface area (Å²) < 4.78 is 40.3. The van der Waals surface area contributed by atoms with E-state index in [-0.39, 0.29) is 23.7 Å². The van der Waals surface area contributed by atoms with Gasteiger partial charge in [0.2, 0.25) is 5.91 Å². The zero-order chi connectivity index (χ0) is 20.3. The lowest BCUT2D eigenvalue weighted by molar-refractivity contribution is -0.122. The third kappa shape index (κ3) is 4.73. The summed E-state index contributed by atoms with van der Waals surface area (Å²) in [6.07, 6.45) is 1.47. The predicted octanol–water partition coefficient (Wildman–Crippen LogP) is 4.76. The van der Waals surface area contributed by atoms with Gasteiger partial charge in [-0.15, -0.1) is 0 Å². The number of carbonyl (C=O) groups is 1. The first kappa shape index (κ1) is 20.4. The first-order valence-corrected chi connectivity index (χ1v) is 9.60. The maximum Gasteiger partial charge on any atom is 0.229 e. The van der Waals surface area contributed by atoms with Gasteiger partial charge in [0.05, 0.1) is 0 Å². The second-order valence-corrected chi connectivity index (χ2v) is 7.58. The molecule has 2 aromatic rings. The van der Waals surface area contributed by atoms with Crippen LogP contribution in [0.3, 0.4) is 0 Å². The molecule has 1 aliphatic heterocycles. The molecule has 1 amide bonds. The number of rotatable bonds is 5. The molecule has 28 heavy (non-hydrogen) atoms. The molecule has 2 aromatic carbocycles. The number of hydrogen-bond acceptors (Lipinski definition) is 2. The molecule has 0 radical (unpaired) electrons. The monoisotopic (exact) mass is 390 g/mol. The molecule has 0 N–H and O–H groups in total. The van der Waals surface area contributed by atoms with Gasteiger partial charge in [-0.25, -0.2) is 13.2 Å². The largest absolute Gasteiger partial charge is 0.309 e. The second-order valence-electron chi connectivity index (χ2n) is 7.58. The van der Waals surface area contributed by atoms with E-state index in [9.17, 15) is 18.0 Å². The van der Waals surface area contributed by atoms with Crippen LogP contribution in [0.25, 0.3) is 0 Å². The van der Waals surface area contributed by atoms with E-state index in [4.69, 9.17) is 0 Å². The van der Waals surface area contributed by atoms with Crippen molar-refractivity contribution in [2.24, 2.45) is 5.92 Å². The van der Waals surface area contributed by atoms with Gasteiger partial charge in [-0.1, -0.05) is 19.9 Å². The minimum atomic E-state index is -0.581. The van der Waals surface area contributed by atoms with Crippen LogP contribution in [0.4, 0.5) is 18.9 Å². The van der Waals surface area contributed by atoms with Crippen LogP contribution in [-0.4, -0.2) is 29.9 Å². The smallest absolute Gasteiger partial charge is 0.229 e. The van der Waals surface area contributed by atoms with E-state index >= 15 is 0 Å². The van der Waals surface area contributed by atoms with Crippen molar-refractivity contribution in [2.45, 2.75) is 39.3 Å². The summed E-state index contributed by atoms with van der Waals surface area (Å²) >= 11 is 0. The zero-order valence-corrected chi connectivity index (χ0v) is 16.2. The quantitative estimate of drug-likeness (QED) is 0.735. The van der Waals surface area contributed by atoms with Gasteiger partial charge in [0.1, 0.15) is 17.5 Å². The highest BCUT2D eigenvalue weighted by molar-refractivity contribution is 5.95. The molecule has 0 unspecified atom stereocenters. The number of carbonyl (C=O) groups excluding carboxylic acids is 1. The molecule has 0 aromatic heterocycles. The maximum atomic E-state index is 13.9. The van der Waals surface area contributed by atoms with Crippen LogP contribution in [0, 0.1) is 23.4 Å². The topological polar surface area (TPSA) is 23.6 Å². The fourth-order valence-electron chi connectivity index (χ4n) is 3.62. The van der Waals surface area contributed by atoms with Gasteiger partial charge in [-0.3, -0.25) is 9.69 Å². The van der Waals surface area contributed by atoms with Crippen molar-refractivity contribution in [3.63, 3.8) is 0 Å². The predicted molar refractivity (Wildman–Crippen MR) is 103 cm³/mol. The molecule has 1 heterocycles. The van der Waals surface area contributed by atoms with Gasteiger partial charge >= 0.3 is 0 Å². The average Bonchev–Trinajstić information content (AvgIpc) is 2.67. The van der Waals surface area contributed by atoms with E-state index in [0.717, 1.165) is 18.9 Å². The summed E-state index contributed by atoms with van der Waals surface area (Å²) in [6, 6.07) is 9.65. The molecule has 0 atom stereocenters. The van der Waals surface area contributed by atoms with Crippen molar-refractivity contribution in [1.82, 2.24) is 4.90 Å². The Morgan fingerprint density at radius 3 is 2.21 bits per heavy atom. The number of halogens is 3. The Morgan fingerprint density at radius 2 is 1.64 bits per heavy atom. The fourth-order valence-corrected chi connectivity index (χ4v) is 3.62. The molecule has 6 heteroatoms. The number of anilines is 1. The standard InChI is InChI=1S/C22H25F3N2O/c1-15(2)22(28)27(19-7-5-17(23)6-8-19)20-9-11-26(12-10-20)14-16-3-4-18(24)13-21(16)25/h3-8,13,15,20H,9-12,14H2,1-2H3. The summed E-state index contributed by atoms with van der Waals surface area (Å²) in [4.78, 5) is 16.7. The van der Waals surface area contributed by atoms with Crippen molar-refractivity contribution >= 4 is 11.6 Å². The number of piperidine rings is 1. The Morgan fingerprint density at radius 1 is 1.04 bits per heavy atom. The van der Waals surface area contributed by atoms with Crippen LogP contribution in [0.15, 0.2) is 42.5 Å². The SMILES string of the molecule is CC(C)C(=O)N(c1ccc(F)cc1)C1CCN(Cc2ccc(F)cc2F)CC1. The fraction of sp³-hybridized carbons (Fsp3) is 0.409. The van der Waals surface area contributed by atoms with E-state index in [1.165, 1.54) is 24.3 Å². The lowest BCUT2D eigenvalue weighted by Gasteiger charge is -2.39. The zero-order valence-electron chi connectivity index (χ0n) is 16.2. The number of likely N-dealkylation sites (tertiary alicyclic amines) is 1. The van der Waals surface area contributed by atoms with Gasteiger partial charge in [0.15, 0.2) is 0 Å². The second kappa shape index (κ2) is 8.78. The van der Waals surface area contributed by atoms with Gasteiger partial charge in [0, 0.05) is 48.9 Å². The first-order chi connectivity index (χ1) is 13.3.